The van der Waals surface area contributed by atoms with Crippen LogP contribution in [0.4, 0.5) is 15.8 Å². The molecule has 0 bridgehead atoms. The Morgan fingerprint density at radius 3 is 2.59 bits per heavy atom. The Kier molecular flexibility index (Phi) is 5.91. The maximum atomic E-state index is 13.8. The smallest absolute Gasteiger partial charge is 0.265 e. The van der Waals surface area contributed by atoms with Gasteiger partial charge in [-0.2, -0.15) is 4.31 Å². The number of carbonyl (C=O) groups excluding carboxylic acids is 2. The van der Waals surface area contributed by atoms with E-state index in [0.29, 0.717) is 29.8 Å². The summed E-state index contributed by atoms with van der Waals surface area (Å²) in [6, 6.07) is 8.94. The average molecular weight is 462 g/mol. The highest BCUT2D eigenvalue weighted by molar-refractivity contribution is 7.89. The van der Waals surface area contributed by atoms with Gasteiger partial charge in [0.2, 0.25) is 15.9 Å². The van der Waals surface area contributed by atoms with Gasteiger partial charge in [0, 0.05) is 25.1 Å². The van der Waals surface area contributed by atoms with Crippen molar-refractivity contribution in [1.82, 2.24) is 4.31 Å². The second-order valence-electron chi connectivity index (χ2n) is 8.01. The van der Waals surface area contributed by atoms with Crippen molar-refractivity contribution in [2.45, 2.75) is 37.7 Å². The molecule has 4 rings (SSSR count). The van der Waals surface area contributed by atoms with Crippen LogP contribution in [0, 0.1) is 18.7 Å². The molecule has 2 aliphatic rings. The monoisotopic (exact) mass is 461 g/mol. The third-order valence-corrected chi connectivity index (χ3v) is 7.82. The second-order valence-corrected chi connectivity index (χ2v) is 9.92. The van der Waals surface area contributed by atoms with E-state index in [-0.39, 0.29) is 35.5 Å². The largest absolute Gasteiger partial charge is 0.479 e. The molecule has 2 aliphatic heterocycles. The van der Waals surface area contributed by atoms with Crippen molar-refractivity contribution in [2.75, 3.05) is 23.7 Å². The van der Waals surface area contributed by atoms with Gasteiger partial charge in [-0.25, -0.2) is 12.8 Å². The van der Waals surface area contributed by atoms with Crippen LogP contribution in [0.5, 0.6) is 5.75 Å². The van der Waals surface area contributed by atoms with Gasteiger partial charge in [-0.05, 0) is 50.5 Å². The van der Waals surface area contributed by atoms with Crippen LogP contribution in [0.25, 0.3) is 0 Å². The summed E-state index contributed by atoms with van der Waals surface area (Å²) in [7, 11) is -3.82. The average Bonchev–Trinajstić information content (AvgIpc) is 2.76. The second kappa shape index (κ2) is 8.51. The number of rotatable bonds is 4. The molecule has 8 nitrogen and oxygen atoms in total. The molecular weight excluding hydrogens is 437 g/mol. The number of benzene rings is 2. The van der Waals surface area contributed by atoms with Crippen LogP contribution >= 0.6 is 0 Å². The van der Waals surface area contributed by atoms with Gasteiger partial charge in [0.15, 0.2) is 6.10 Å². The van der Waals surface area contributed by atoms with Crippen LogP contribution in [-0.4, -0.2) is 43.7 Å². The van der Waals surface area contributed by atoms with Crippen LogP contribution in [0.2, 0.25) is 0 Å². The third kappa shape index (κ3) is 4.20. The first kappa shape index (κ1) is 22.2. The summed E-state index contributed by atoms with van der Waals surface area (Å²) < 4.78 is 47.3. The number of hydrogen-bond acceptors (Lipinski definition) is 5. The zero-order valence-electron chi connectivity index (χ0n) is 17.7. The molecule has 1 atom stereocenters. The normalized spacial score (nSPS) is 19.6. The number of sulfonamides is 1. The van der Waals surface area contributed by atoms with Crippen LogP contribution in [-0.2, 0) is 19.6 Å². The molecule has 1 fully saturated rings. The first-order chi connectivity index (χ1) is 15.2. The van der Waals surface area contributed by atoms with Crippen molar-refractivity contribution in [1.29, 1.82) is 0 Å². The number of ether oxygens (including phenoxy) is 1. The predicted molar refractivity (Wildman–Crippen MR) is 116 cm³/mol. The standard InChI is InChI=1S/C22H24FN3O5S/c1-13-11-18-19(31-14(2)21(27)25-18)12-20(13)32(29,30)26-9-7-15(8-10-26)22(28)24-17-6-4-3-5-16(17)23/h3-6,11-12,14-15H,7-10H2,1-2H3,(H,24,28)(H,25,27)/t14-/m0/s1. The molecule has 2 aromatic rings. The lowest BCUT2D eigenvalue weighted by Gasteiger charge is -2.31. The number of aryl methyl sites for hydroxylation is 1. The summed E-state index contributed by atoms with van der Waals surface area (Å²) in [6.07, 6.45) is -0.0651. The summed E-state index contributed by atoms with van der Waals surface area (Å²) >= 11 is 0. The predicted octanol–water partition coefficient (Wildman–Crippen LogP) is 2.89. The Morgan fingerprint density at radius 1 is 1.22 bits per heavy atom. The highest BCUT2D eigenvalue weighted by Gasteiger charge is 2.34. The first-order valence-electron chi connectivity index (χ1n) is 10.3. The number of piperidine rings is 1. The van der Waals surface area contributed by atoms with Crippen LogP contribution < -0.4 is 15.4 Å². The molecular formula is C22H24FN3O5S. The van der Waals surface area contributed by atoms with Crippen molar-refractivity contribution in [2.24, 2.45) is 5.92 Å². The van der Waals surface area contributed by atoms with Gasteiger partial charge in [0.05, 0.1) is 16.3 Å². The molecule has 1 saturated heterocycles. The summed E-state index contributed by atoms with van der Waals surface area (Å²) in [4.78, 5) is 24.4. The van der Waals surface area contributed by atoms with E-state index in [0.717, 1.165) is 0 Å². The highest BCUT2D eigenvalue weighted by Crippen LogP contribution is 2.36. The number of hydrogen-bond donors (Lipinski definition) is 2. The van der Waals surface area contributed by atoms with Crippen molar-refractivity contribution in [3.05, 3.63) is 47.8 Å². The molecule has 2 amide bonds. The molecule has 0 radical (unpaired) electrons. The molecule has 2 N–H and O–H groups in total. The highest BCUT2D eigenvalue weighted by atomic mass is 32.2. The number of anilines is 2. The van der Waals surface area contributed by atoms with Gasteiger partial charge >= 0.3 is 0 Å². The van der Waals surface area contributed by atoms with E-state index in [1.54, 1.807) is 26.0 Å². The van der Waals surface area contributed by atoms with Gasteiger partial charge in [0.1, 0.15) is 11.6 Å². The zero-order chi connectivity index (χ0) is 23.0. The fourth-order valence-corrected chi connectivity index (χ4v) is 5.61. The Labute approximate surface area is 185 Å². The van der Waals surface area contributed by atoms with E-state index in [4.69, 9.17) is 4.74 Å². The first-order valence-corrected chi connectivity index (χ1v) is 11.8. The number of amides is 2. The summed E-state index contributed by atoms with van der Waals surface area (Å²) in [5, 5.41) is 5.29. The lowest BCUT2D eigenvalue weighted by Crippen LogP contribution is -2.41. The van der Waals surface area contributed by atoms with Crippen molar-refractivity contribution in [3.63, 3.8) is 0 Å². The number of nitrogens with zero attached hydrogens (tertiary/aromatic N) is 1. The molecule has 0 aromatic heterocycles. The molecule has 10 heteroatoms. The van der Waals surface area contributed by atoms with Crippen LogP contribution in [0.15, 0.2) is 41.3 Å². The van der Waals surface area contributed by atoms with E-state index in [1.807, 2.05) is 0 Å². The molecule has 0 unspecified atom stereocenters. The molecule has 32 heavy (non-hydrogen) atoms. The van der Waals surface area contributed by atoms with Crippen molar-refractivity contribution >= 4 is 33.2 Å². The maximum absolute atomic E-state index is 13.8. The molecule has 2 aromatic carbocycles. The number of para-hydroxylation sites is 1. The van der Waals surface area contributed by atoms with Crippen LogP contribution in [0.3, 0.4) is 0 Å². The minimum atomic E-state index is -3.82. The topological polar surface area (TPSA) is 105 Å². The van der Waals surface area contributed by atoms with Gasteiger partial charge in [-0.3, -0.25) is 9.59 Å². The minimum Gasteiger partial charge on any atom is -0.479 e. The third-order valence-electron chi connectivity index (χ3n) is 5.78. The van der Waals surface area contributed by atoms with Gasteiger partial charge in [-0.1, -0.05) is 12.1 Å². The van der Waals surface area contributed by atoms with E-state index >= 15 is 0 Å². The van der Waals surface area contributed by atoms with E-state index in [1.165, 1.54) is 28.6 Å². The lowest BCUT2D eigenvalue weighted by molar-refractivity contribution is -0.123. The Bertz CT molecular complexity index is 1180. The molecule has 0 aliphatic carbocycles. The number of carbonyl (C=O) groups is 2. The lowest BCUT2D eigenvalue weighted by atomic mass is 9.97. The number of halogens is 1. The Morgan fingerprint density at radius 2 is 1.91 bits per heavy atom. The van der Waals surface area contributed by atoms with E-state index < -0.39 is 27.9 Å². The summed E-state index contributed by atoms with van der Waals surface area (Å²) in [5.41, 5.74) is 1.04. The summed E-state index contributed by atoms with van der Waals surface area (Å²) in [6.45, 7) is 3.58. The van der Waals surface area contributed by atoms with E-state index in [2.05, 4.69) is 10.6 Å². The SMILES string of the molecule is Cc1cc2c(cc1S(=O)(=O)N1CCC(C(=O)Nc3ccccc3F)CC1)O[C@@H](C)C(=O)N2. The zero-order valence-corrected chi connectivity index (χ0v) is 18.5. The number of nitrogens with one attached hydrogen (secondary N) is 2. The van der Waals surface area contributed by atoms with Crippen molar-refractivity contribution < 1.29 is 27.1 Å². The van der Waals surface area contributed by atoms with Gasteiger partial charge < -0.3 is 15.4 Å². The Hall–Kier alpha value is -2.98. The van der Waals surface area contributed by atoms with Gasteiger partial charge in [0.25, 0.3) is 5.91 Å². The fraction of sp³-hybridized carbons (Fsp3) is 0.364. The quantitative estimate of drug-likeness (QED) is 0.729. The fourth-order valence-electron chi connectivity index (χ4n) is 3.92. The van der Waals surface area contributed by atoms with Crippen molar-refractivity contribution in [3.8, 4) is 5.75 Å². The maximum Gasteiger partial charge on any atom is 0.265 e. The van der Waals surface area contributed by atoms with E-state index in [9.17, 15) is 22.4 Å². The molecule has 0 saturated carbocycles. The minimum absolute atomic E-state index is 0.105. The summed E-state index contributed by atoms with van der Waals surface area (Å²) in [5.74, 6) is -1.24. The molecule has 0 spiro atoms. The molecule has 2 heterocycles. The molecule has 170 valence electrons. The Balaban J connectivity index is 1.46. The number of fused-ring (bicyclic) bond motifs is 1. The van der Waals surface area contributed by atoms with Gasteiger partial charge in [-0.15, -0.1) is 0 Å². The van der Waals surface area contributed by atoms with Crippen LogP contribution in [0.1, 0.15) is 25.3 Å².